The van der Waals surface area contributed by atoms with Crippen molar-refractivity contribution in [3.8, 4) is 5.75 Å². The van der Waals surface area contributed by atoms with Gasteiger partial charge in [-0.05, 0) is 49.7 Å². The van der Waals surface area contributed by atoms with Gasteiger partial charge in [-0.15, -0.1) is 0 Å². The molecule has 0 fully saturated rings. The summed E-state index contributed by atoms with van der Waals surface area (Å²) in [4.78, 5) is 24.9. The van der Waals surface area contributed by atoms with Crippen molar-refractivity contribution >= 4 is 51.9 Å². The van der Waals surface area contributed by atoms with E-state index in [1.165, 1.54) is 0 Å². The van der Waals surface area contributed by atoms with Gasteiger partial charge in [-0.3, -0.25) is 4.98 Å². The minimum atomic E-state index is -0.857. The highest BCUT2D eigenvalue weighted by molar-refractivity contribution is 6.36. The zero-order valence-electron chi connectivity index (χ0n) is 19.4. The van der Waals surface area contributed by atoms with Gasteiger partial charge < -0.3 is 25.3 Å². The van der Waals surface area contributed by atoms with Crippen LogP contribution in [0.5, 0.6) is 5.75 Å². The van der Waals surface area contributed by atoms with Crippen molar-refractivity contribution in [3.63, 3.8) is 0 Å². The molecule has 1 unspecified atom stereocenters. The Labute approximate surface area is 217 Å². The molecular formula is C25H23Cl2N5O4. The highest BCUT2D eigenvalue weighted by atomic mass is 35.5. The maximum atomic E-state index is 11.9. The SMILES string of the molecule is CC(C)OC(=O)OCOc1c(C(Nc2ncccn2)c2cccc(N)c2Cl)cc(Cl)c2cccnc12. The number of benzene rings is 2. The normalized spacial score (nSPS) is 11.8. The van der Waals surface area contributed by atoms with E-state index in [-0.39, 0.29) is 6.10 Å². The lowest BCUT2D eigenvalue weighted by Crippen LogP contribution is -2.19. The Hall–Kier alpha value is -3.82. The molecule has 186 valence electrons. The molecular weight excluding hydrogens is 505 g/mol. The summed E-state index contributed by atoms with van der Waals surface area (Å²) in [6.45, 7) is 3.01. The van der Waals surface area contributed by atoms with Crippen LogP contribution in [-0.2, 0) is 9.47 Å². The highest BCUT2D eigenvalue weighted by Gasteiger charge is 2.26. The lowest BCUT2D eigenvalue weighted by molar-refractivity contribution is -0.00807. The van der Waals surface area contributed by atoms with E-state index in [4.69, 9.17) is 43.1 Å². The molecule has 4 aromatic rings. The predicted octanol–water partition coefficient (Wildman–Crippen LogP) is 6.01. The Morgan fingerprint density at radius 1 is 1.03 bits per heavy atom. The van der Waals surface area contributed by atoms with E-state index in [9.17, 15) is 4.79 Å². The third-order valence-electron chi connectivity index (χ3n) is 5.06. The first kappa shape index (κ1) is 25.3. The monoisotopic (exact) mass is 527 g/mol. The van der Waals surface area contributed by atoms with Crippen LogP contribution in [0.15, 0.2) is 61.1 Å². The Kier molecular flexibility index (Phi) is 7.92. The molecule has 0 saturated heterocycles. The largest absolute Gasteiger partial charge is 0.511 e. The van der Waals surface area contributed by atoms with Gasteiger partial charge in [0.05, 0.1) is 27.9 Å². The summed E-state index contributed by atoms with van der Waals surface area (Å²) in [6.07, 6.45) is 3.63. The Bertz CT molecular complexity index is 1370. The summed E-state index contributed by atoms with van der Waals surface area (Å²) in [5.74, 6) is 0.653. The molecule has 0 amide bonds. The molecule has 2 aromatic carbocycles. The Morgan fingerprint density at radius 3 is 2.53 bits per heavy atom. The van der Waals surface area contributed by atoms with E-state index in [0.29, 0.717) is 49.5 Å². The molecule has 0 radical (unpaired) electrons. The second kappa shape index (κ2) is 11.3. The second-order valence-electron chi connectivity index (χ2n) is 7.90. The van der Waals surface area contributed by atoms with Crippen LogP contribution in [0.25, 0.3) is 10.9 Å². The summed E-state index contributed by atoms with van der Waals surface area (Å²) in [7, 11) is 0. The van der Waals surface area contributed by atoms with E-state index in [0.717, 1.165) is 0 Å². The number of ether oxygens (including phenoxy) is 3. The van der Waals surface area contributed by atoms with Crippen LogP contribution in [0.4, 0.5) is 16.4 Å². The fraction of sp³-hybridized carbons (Fsp3) is 0.200. The van der Waals surface area contributed by atoms with E-state index >= 15 is 0 Å². The van der Waals surface area contributed by atoms with Crippen LogP contribution in [0.2, 0.25) is 10.0 Å². The maximum absolute atomic E-state index is 11.9. The van der Waals surface area contributed by atoms with Crippen molar-refractivity contribution in [2.24, 2.45) is 0 Å². The minimum absolute atomic E-state index is 0.319. The molecule has 2 heterocycles. The van der Waals surface area contributed by atoms with Gasteiger partial charge in [0.15, 0.2) is 5.75 Å². The number of carbonyl (C=O) groups excluding carboxylic acids is 1. The van der Waals surface area contributed by atoms with Crippen molar-refractivity contribution in [2.75, 3.05) is 17.8 Å². The minimum Gasteiger partial charge on any atom is -0.455 e. The van der Waals surface area contributed by atoms with Gasteiger partial charge in [-0.1, -0.05) is 35.3 Å². The van der Waals surface area contributed by atoms with Crippen molar-refractivity contribution < 1.29 is 19.0 Å². The lowest BCUT2D eigenvalue weighted by atomic mass is 9.95. The number of hydrogen-bond donors (Lipinski definition) is 2. The quantitative estimate of drug-likeness (QED) is 0.161. The number of aromatic nitrogens is 3. The third kappa shape index (κ3) is 5.69. The fourth-order valence-electron chi connectivity index (χ4n) is 3.54. The number of halogens is 2. The molecule has 0 aliphatic heterocycles. The summed E-state index contributed by atoms with van der Waals surface area (Å²) >= 11 is 13.3. The number of fused-ring (bicyclic) bond motifs is 1. The van der Waals surface area contributed by atoms with Crippen LogP contribution < -0.4 is 15.8 Å². The first-order valence-electron chi connectivity index (χ1n) is 11.0. The van der Waals surface area contributed by atoms with Crippen LogP contribution in [-0.4, -0.2) is 34.0 Å². The van der Waals surface area contributed by atoms with Crippen LogP contribution >= 0.6 is 23.2 Å². The average molecular weight is 528 g/mol. The van der Waals surface area contributed by atoms with E-state index in [1.54, 1.807) is 62.8 Å². The van der Waals surface area contributed by atoms with Crippen molar-refractivity contribution in [1.29, 1.82) is 0 Å². The Balaban J connectivity index is 1.84. The molecule has 0 aliphatic carbocycles. The van der Waals surface area contributed by atoms with E-state index in [1.807, 2.05) is 12.1 Å². The highest BCUT2D eigenvalue weighted by Crippen LogP contribution is 2.42. The molecule has 1 atom stereocenters. The molecule has 2 aromatic heterocycles. The number of rotatable bonds is 8. The standard InChI is InChI=1S/C25H23Cl2N5O4/c1-14(2)36-25(33)35-13-34-23-17(12-18(26)15-7-4-9-29-22(15)23)21(32-24-30-10-5-11-31-24)16-6-3-8-19(28)20(16)27/h3-12,14,21H,13,28H2,1-2H3,(H,30,31,32). The Morgan fingerprint density at radius 2 is 1.78 bits per heavy atom. The first-order chi connectivity index (χ1) is 17.3. The van der Waals surface area contributed by atoms with Crippen LogP contribution in [0.3, 0.4) is 0 Å². The smallest absolute Gasteiger partial charge is 0.455 e. The zero-order chi connectivity index (χ0) is 25.7. The topological polar surface area (TPSA) is 121 Å². The van der Waals surface area contributed by atoms with E-state index < -0.39 is 19.0 Å². The number of pyridine rings is 1. The summed E-state index contributed by atoms with van der Waals surface area (Å²) < 4.78 is 16.1. The van der Waals surface area contributed by atoms with Gasteiger partial charge in [0.1, 0.15) is 5.52 Å². The van der Waals surface area contributed by atoms with Crippen LogP contribution in [0, 0.1) is 0 Å². The second-order valence-corrected chi connectivity index (χ2v) is 8.68. The molecule has 0 spiro atoms. The van der Waals surface area contributed by atoms with Gasteiger partial charge in [0.2, 0.25) is 12.7 Å². The molecule has 0 bridgehead atoms. The first-order valence-corrected chi connectivity index (χ1v) is 11.7. The summed E-state index contributed by atoms with van der Waals surface area (Å²) in [5.41, 5.74) is 8.13. The molecule has 0 saturated carbocycles. The third-order valence-corrected chi connectivity index (χ3v) is 5.81. The molecule has 3 N–H and O–H groups in total. The number of nitrogen functional groups attached to an aromatic ring is 1. The summed E-state index contributed by atoms with van der Waals surface area (Å²) in [6, 6.07) is 11.6. The number of nitrogens with one attached hydrogen (secondary N) is 1. The summed E-state index contributed by atoms with van der Waals surface area (Å²) in [5, 5.41) is 4.70. The van der Waals surface area contributed by atoms with Crippen molar-refractivity contribution in [3.05, 3.63) is 82.2 Å². The van der Waals surface area contributed by atoms with Crippen molar-refractivity contribution in [2.45, 2.75) is 26.0 Å². The molecule has 4 rings (SSSR count). The van der Waals surface area contributed by atoms with Gasteiger partial charge >= 0.3 is 6.16 Å². The van der Waals surface area contributed by atoms with Gasteiger partial charge in [0.25, 0.3) is 0 Å². The molecule has 0 aliphatic rings. The number of carbonyl (C=O) groups is 1. The molecule has 9 nitrogen and oxygen atoms in total. The number of nitrogens with two attached hydrogens (primary N) is 1. The average Bonchev–Trinajstić information content (AvgIpc) is 2.86. The van der Waals surface area contributed by atoms with Gasteiger partial charge in [0, 0.05) is 29.5 Å². The predicted molar refractivity (Wildman–Crippen MR) is 138 cm³/mol. The zero-order valence-corrected chi connectivity index (χ0v) is 21.0. The van der Waals surface area contributed by atoms with Gasteiger partial charge in [-0.2, -0.15) is 0 Å². The maximum Gasteiger partial charge on any atom is 0.511 e. The number of hydrogen-bond acceptors (Lipinski definition) is 9. The fourth-order valence-corrected chi connectivity index (χ4v) is 4.05. The molecule has 36 heavy (non-hydrogen) atoms. The number of nitrogens with zero attached hydrogens (tertiary/aromatic N) is 3. The number of anilines is 2. The van der Waals surface area contributed by atoms with Gasteiger partial charge in [-0.25, -0.2) is 14.8 Å². The molecule has 11 heteroatoms. The van der Waals surface area contributed by atoms with Crippen LogP contribution in [0.1, 0.15) is 31.0 Å². The van der Waals surface area contributed by atoms with E-state index in [2.05, 4.69) is 20.3 Å². The van der Waals surface area contributed by atoms with Crippen molar-refractivity contribution in [1.82, 2.24) is 15.0 Å². The lowest BCUT2D eigenvalue weighted by Gasteiger charge is -2.25.